The van der Waals surface area contributed by atoms with E-state index in [-0.39, 0.29) is 28.1 Å². The third kappa shape index (κ3) is 5.46. The Morgan fingerprint density at radius 2 is 1.35 bits per heavy atom. The predicted octanol–water partition coefficient (Wildman–Crippen LogP) is 4.14. The number of ketones is 3. The van der Waals surface area contributed by atoms with Gasteiger partial charge in [-0.2, -0.15) is 0 Å². The first-order valence-electron chi connectivity index (χ1n) is 11.4. The van der Waals surface area contributed by atoms with Gasteiger partial charge in [0, 0.05) is 23.6 Å². The standard InChI is InChI=1S/C28H23FN2O6/c1-15(32)27(37-16(2)33)26(36)18-8-5-7-17(13-18)24(34)23(25(35)19-9-6-10-20(29)14-19)28-30-21-11-3-4-12-22(21)31-28/h3-15,27,30-32H,1-2H3. The third-order valence-electron chi connectivity index (χ3n) is 5.64. The number of aliphatic hydroxyl groups excluding tert-OH is 1. The predicted molar refractivity (Wildman–Crippen MR) is 134 cm³/mol. The Morgan fingerprint density at radius 1 is 0.811 bits per heavy atom. The molecule has 3 aromatic rings. The van der Waals surface area contributed by atoms with Crippen LogP contribution in [0.15, 0.2) is 84.2 Å². The van der Waals surface area contributed by atoms with Crippen LogP contribution in [0.5, 0.6) is 0 Å². The van der Waals surface area contributed by atoms with E-state index in [4.69, 9.17) is 4.74 Å². The van der Waals surface area contributed by atoms with Gasteiger partial charge in [0.05, 0.1) is 17.5 Å². The van der Waals surface area contributed by atoms with Gasteiger partial charge >= 0.3 is 5.97 Å². The molecule has 0 bridgehead atoms. The summed E-state index contributed by atoms with van der Waals surface area (Å²) in [5, 5.41) is 16.0. The number of allylic oxidation sites excluding steroid dienone is 1. The number of hydrogen-bond acceptors (Lipinski definition) is 8. The van der Waals surface area contributed by atoms with Crippen LogP contribution in [0.1, 0.15) is 44.9 Å². The van der Waals surface area contributed by atoms with Crippen LogP contribution in [0.2, 0.25) is 0 Å². The average Bonchev–Trinajstić information content (AvgIpc) is 3.30. The summed E-state index contributed by atoms with van der Waals surface area (Å²) in [5.74, 6) is -3.45. The fourth-order valence-corrected chi connectivity index (χ4v) is 3.90. The summed E-state index contributed by atoms with van der Waals surface area (Å²) in [6.45, 7) is 2.41. The van der Waals surface area contributed by atoms with E-state index >= 15 is 0 Å². The molecule has 9 heteroatoms. The molecule has 2 atom stereocenters. The minimum atomic E-state index is -1.47. The zero-order valence-electron chi connectivity index (χ0n) is 19.9. The van der Waals surface area contributed by atoms with Gasteiger partial charge in [0.25, 0.3) is 0 Å². The molecular weight excluding hydrogens is 479 g/mol. The number of Topliss-reactive ketones (excluding diaryl/α,β-unsaturated/α-hetero) is 3. The minimum Gasteiger partial charge on any atom is -0.451 e. The lowest BCUT2D eigenvalue weighted by Crippen LogP contribution is -2.36. The van der Waals surface area contributed by atoms with E-state index in [1.807, 2.05) is 0 Å². The molecule has 0 radical (unpaired) electrons. The number of hydrogen-bond donors (Lipinski definition) is 3. The number of halogens is 1. The van der Waals surface area contributed by atoms with Crippen molar-refractivity contribution in [3.63, 3.8) is 0 Å². The van der Waals surface area contributed by atoms with Gasteiger partial charge in [-0.1, -0.05) is 42.5 Å². The molecule has 0 fully saturated rings. The van der Waals surface area contributed by atoms with Crippen LogP contribution < -0.4 is 10.6 Å². The number of anilines is 2. The number of benzene rings is 3. The van der Waals surface area contributed by atoms with E-state index in [2.05, 4.69) is 10.6 Å². The van der Waals surface area contributed by atoms with Crippen molar-refractivity contribution >= 4 is 34.7 Å². The Kier molecular flexibility index (Phi) is 7.26. The Bertz CT molecular complexity index is 1420. The Morgan fingerprint density at radius 3 is 1.89 bits per heavy atom. The molecule has 3 aromatic carbocycles. The fraction of sp³-hybridized carbons (Fsp3) is 0.143. The first kappa shape index (κ1) is 25.5. The maximum Gasteiger partial charge on any atom is 0.303 e. The monoisotopic (exact) mass is 502 g/mol. The maximum atomic E-state index is 13.9. The van der Waals surface area contributed by atoms with Gasteiger partial charge in [0.2, 0.25) is 17.3 Å². The largest absolute Gasteiger partial charge is 0.451 e. The molecule has 0 aromatic heterocycles. The lowest BCUT2D eigenvalue weighted by atomic mass is 9.93. The van der Waals surface area contributed by atoms with Gasteiger partial charge in [-0.25, -0.2) is 4.39 Å². The molecule has 1 heterocycles. The van der Waals surface area contributed by atoms with E-state index in [1.165, 1.54) is 49.4 Å². The van der Waals surface area contributed by atoms with Crippen LogP contribution in [-0.4, -0.2) is 40.6 Å². The lowest BCUT2D eigenvalue weighted by Gasteiger charge is -2.19. The number of aliphatic hydroxyl groups is 1. The number of esters is 1. The summed E-state index contributed by atoms with van der Waals surface area (Å²) in [7, 11) is 0. The number of carbonyl (C=O) groups is 4. The molecule has 4 rings (SSSR count). The van der Waals surface area contributed by atoms with Crippen molar-refractivity contribution in [2.75, 3.05) is 10.6 Å². The second-order valence-corrected chi connectivity index (χ2v) is 8.43. The van der Waals surface area contributed by atoms with Crippen molar-refractivity contribution in [1.29, 1.82) is 0 Å². The van der Waals surface area contributed by atoms with Gasteiger partial charge in [0.1, 0.15) is 17.2 Å². The van der Waals surface area contributed by atoms with Crippen molar-refractivity contribution in [3.8, 4) is 0 Å². The minimum absolute atomic E-state index is 0.00354. The second kappa shape index (κ2) is 10.5. The molecular formula is C28H23FN2O6. The van der Waals surface area contributed by atoms with Crippen LogP contribution in [0.4, 0.5) is 15.8 Å². The van der Waals surface area contributed by atoms with Crippen molar-refractivity contribution in [2.45, 2.75) is 26.1 Å². The maximum absolute atomic E-state index is 13.9. The highest BCUT2D eigenvalue weighted by molar-refractivity contribution is 6.32. The zero-order valence-corrected chi connectivity index (χ0v) is 19.9. The van der Waals surface area contributed by atoms with Gasteiger partial charge < -0.3 is 20.5 Å². The number of para-hydroxylation sites is 2. The molecule has 3 N–H and O–H groups in total. The first-order valence-corrected chi connectivity index (χ1v) is 11.4. The summed E-state index contributed by atoms with van der Waals surface area (Å²) >= 11 is 0. The third-order valence-corrected chi connectivity index (χ3v) is 5.64. The molecule has 188 valence electrons. The molecule has 0 saturated heterocycles. The zero-order chi connectivity index (χ0) is 26.7. The summed E-state index contributed by atoms with van der Waals surface area (Å²) in [6.07, 6.45) is -2.77. The van der Waals surface area contributed by atoms with Crippen LogP contribution in [0, 0.1) is 5.82 Å². The highest BCUT2D eigenvalue weighted by Gasteiger charge is 2.31. The molecule has 2 unspecified atom stereocenters. The second-order valence-electron chi connectivity index (χ2n) is 8.43. The fourth-order valence-electron chi connectivity index (χ4n) is 3.90. The molecule has 1 aliphatic rings. The lowest BCUT2D eigenvalue weighted by molar-refractivity contribution is -0.148. The van der Waals surface area contributed by atoms with Crippen LogP contribution in [0.25, 0.3) is 0 Å². The van der Waals surface area contributed by atoms with E-state index in [9.17, 15) is 28.7 Å². The van der Waals surface area contributed by atoms with E-state index in [0.717, 1.165) is 13.0 Å². The van der Waals surface area contributed by atoms with Crippen LogP contribution >= 0.6 is 0 Å². The summed E-state index contributed by atoms with van der Waals surface area (Å²) in [4.78, 5) is 51.6. The number of carbonyl (C=O) groups excluding carboxylic acids is 4. The smallest absolute Gasteiger partial charge is 0.303 e. The molecule has 8 nitrogen and oxygen atoms in total. The van der Waals surface area contributed by atoms with Crippen LogP contribution in [-0.2, 0) is 9.53 Å². The first-order chi connectivity index (χ1) is 17.7. The number of rotatable bonds is 8. The van der Waals surface area contributed by atoms with E-state index in [1.54, 1.807) is 24.3 Å². The normalized spacial score (nSPS) is 13.5. The summed E-state index contributed by atoms with van der Waals surface area (Å²) < 4.78 is 18.9. The topological polar surface area (TPSA) is 122 Å². The Labute approximate surface area is 211 Å². The molecule has 0 amide bonds. The highest BCUT2D eigenvalue weighted by atomic mass is 19.1. The molecule has 37 heavy (non-hydrogen) atoms. The van der Waals surface area contributed by atoms with Crippen molar-refractivity contribution in [2.24, 2.45) is 0 Å². The molecule has 1 aliphatic heterocycles. The van der Waals surface area contributed by atoms with Crippen molar-refractivity contribution in [1.82, 2.24) is 0 Å². The van der Waals surface area contributed by atoms with Gasteiger partial charge in [0.15, 0.2) is 6.10 Å². The summed E-state index contributed by atoms with van der Waals surface area (Å²) in [6, 6.07) is 17.6. The number of ether oxygens (including phenoxy) is 1. The Balaban J connectivity index is 1.76. The van der Waals surface area contributed by atoms with Gasteiger partial charge in [-0.3, -0.25) is 19.2 Å². The molecule has 0 aliphatic carbocycles. The summed E-state index contributed by atoms with van der Waals surface area (Å²) in [5.41, 5.74) is 0.936. The van der Waals surface area contributed by atoms with E-state index in [0.29, 0.717) is 11.4 Å². The van der Waals surface area contributed by atoms with E-state index < -0.39 is 41.3 Å². The SMILES string of the molecule is CC(=O)OC(C(=O)c1cccc(C(=O)C(C(=O)c2cccc(F)c2)=C2Nc3ccccc3N2)c1)C(C)O. The molecule has 0 spiro atoms. The van der Waals surface area contributed by atoms with Crippen LogP contribution in [0.3, 0.4) is 0 Å². The average molecular weight is 502 g/mol. The van der Waals surface area contributed by atoms with Gasteiger partial charge in [-0.05, 0) is 37.3 Å². The quantitative estimate of drug-likeness (QED) is 0.138. The van der Waals surface area contributed by atoms with Crippen molar-refractivity contribution in [3.05, 3.63) is 107 Å². The molecule has 0 saturated carbocycles. The Hall–Kier alpha value is -4.63. The van der Waals surface area contributed by atoms with Crippen molar-refractivity contribution < 1.29 is 33.4 Å². The van der Waals surface area contributed by atoms with Gasteiger partial charge in [-0.15, -0.1) is 0 Å². The number of nitrogens with one attached hydrogen (secondary N) is 2. The number of fused-ring (bicyclic) bond motifs is 1. The highest BCUT2D eigenvalue weighted by Crippen LogP contribution is 2.33.